The Morgan fingerprint density at radius 3 is 2.61 bits per heavy atom. The summed E-state index contributed by atoms with van der Waals surface area (Å²) in [4.78, 5) is 8.58. The third-order valence-corrected chi connectivity index (χ3v) is 2.95. The monoisotopic (exact) mass is 267 g/mol. The van der Waals surface area contributed by atoms with Crippen LogP contribution in [0.1, 0.15) is 38.3 Å². The Morgan fingerprint density at radius 1 is 1.28 bits per heavy atom. The van der Waals surface area contributed by atoms with Crippen molar-refractivity contribution in [2.45, 2.75) is 39.5 Å². The van der Waals surface area contributed by atoms with Crippen LogP contribution in [-0.4, -0.2) is 26.0 Å². The van der Waals surface area contributed by atoms with Gasteiger partial charge in [-0.3, -0.25) is 0 Å². The summed E-state index contributed by atoms with van der Waals surface area (Å²) in [6.07, 6.45) is 0.686. The minimum absolute atomic E-state index is 0.0139. The molecule has 0 aliphatic heterocycles. The van der Waals surface area contributed by atoms with E-state index in [1.165, 1.54) is 11.5 Å². The summed E-state index contributed by atoms with van der Waals surface area (Å²) in [5.74, 6) is 2.17. The van der Waals surface area contributed by atoms with E-state index in [1.54, 1.807) is 6.92 Å². The molecule has 0 aliphatic carbocycles. The molecule has 0 aliphatic rings. The van der Waals surface area contributed by atoms with Crippen LogP contribution >= 0.6 is 11.5 Å². The number of hydrogen-bond donors (Lipinski definition) is 1. The highest BCUT2D eigenvalue weighted by atomic mass is 32.1. The Kier molecular flexibility index (Phi) is 3.60. The van der Waals surface area contributed by atoms with Gasteiger partial charge in [-0.05, 0) is 6.92 Å². The summed E-state index contributed by atoms with van der Waals surface area (Å²) >= 11 is 1.38. The van der Waals surface area contributed by atoms with Crippen LogP contribution in [0.3, 0.4) is 0 Å². The maximum Gasteiger partial charge on any atom is 0.228 e. The lowest BCUT2D eigenvalue weighted by Crippen LogP contribution is -2.13. The number of anilines is 1. The molecular weight excluding hydrogens is 250 g/mol. The molecule has 2 aromatic heterocycles. The summed E-state index contributed by atoms with van der Waals surface area (Å²) in [7, 11) is 0. The summed E-state index contributed by atoms with van der Waals surface area (Å²) in [6, 6.07) is 0. The minimum atomic E-state index is -0.0139. The number of hydrogen-bond acceptors (Lipinski definition) is 7. The zero-order valence-corrected chi connectivity index (χ0v) is 11.8. The fraction of sp³-hybridized carbons (Fsp3) is 0.636. The lowest BCUT2D eigenvalue weighted by atomic mass is 9.96. The quantitative estimate of drug-likeness (QED) is 0.915. The van der Waals surface area contributed by atoms with Gasteiger partial charge in [-0.1, -0.05) is 25.9 Å². The van der Waals surface area contributed by atoms with Gasteiger partial charge in [0.05, 0.1) is 0 Å². The molecule has 0 aromatic carbocycles. The Labute approximate surface area is 110 Å². The van der Waals surface area contributed by atoms with E-state index in [0.29, 0.717) is 24.7 Å². The van der Waals surface area contributed by atoms with Gasteiger partial charge in [0.15, 0.2) is 5.82 Å². The van der Waals surface area contributed by atoms with Crippen LogP contribution in [-0.2, 0) is 11.8 Å². The van der Waals surface area contributed by atoms with E-state index >= 15 is 0 Å². The van der Waals surface area contributed by atoms with Crippen molar-refractivity contribution in [2.75, 3.05) is 11.9 Å². The van der Waals surface area contributed by atoms with Gasteiger partial charge in [-0.25, -0.2) is 4.98 Å². The van der Waals surface area contributed by atoms with Crippen LogP contribution in [0.15, 0.2) is 4.52 Å². The molecule has 2 aromatic rings. The van der Waals surface area contributed by atoms with E-state index < -0.39 is 0 Å². The molecule has 0 spiro atoms. The van der Waals surface area contributed by atoms with Crippen molar-refractivity contribution in [1.82, 2.24) is 19.5 Å². The second-order valence-electron chi connectivity index (χ2n) is 5.09. The second-order valence-corrected chi connectivity index (χ2v) is 5.84. The molecule has 0 unspecified atom stereocenters. The minimum Gasteiger partial charge on any atom is -0.360 e. The van der Waals surface area contributed by atoms with Gasteiger partial charge in [-0.2, -0.15) is 9.36 Å². The maximum atomic E-state index is 5.03. The Hall–Kier alpha value is -1.50. The summed E-state index contributed by atoms with van der Waals surface area (Å²) < 4.78 is 9.36. The van der Waals surface area contributed by atoms with Crippen molar-refractivity contribution in [2.24, 2.45) is 0 Å². The molecule has 2 heterocycles. The highest BCUT2D eigenvalue weighted by Crippen LogP contribution is 2.22. The maximum absolute atomic E-state index is 5.03. The van der Waals surface area contributed by atoms with Gasteiger partial charge in [-0.15, -0.1) is 0 Å². The van der Waals surface area contributed by atoms with E-state index in [2.05, 4.69) is 45.6 Å². The molecule has 0 fully saturated rings. The molecule has 0 bridgehead atoms. The standard InChI is InChI=1S/C11H17N5OS/c1-7-13-8(17-15-7)5-6-12-10-14-9(16-18-10)11(2,3)4/h5-6H2,1-4H3,(H,12,14,16). The van der Waals surface area contributed by atoms with Gasteiger partial charge in [0.2, 0.25) is 11.0 Å². The zero-order chi connectivity index (χ0) is 13.2. The average molecular weight is 267 g/mol. The molecule has 2 rings (SSSR count). The SMILES string of the molecule is Cc1noc(CCNc2nc(C(C)(C)C)ns2)n1. The summed E-state index contributed by atoms with van der Waals surface area (Å²) in [5.41, 5.74) is -0.0139. The van der Waals surface area contributed by atoms with Crippen molar-refractivity contribution in [1.29, 1.82) is 0 Å². The third kappa shape index (κ3) is 3.25. The van der Waals surface area contributed by atoms with E-state index in [0.717, 1.165) is 11.0 Å². The van der Waals surface area contributed by atoms with Crippen LogP contribution in [0.4, 0.5) is 5.13 Å². The largest absolute Gasteiger partial charge is 0.360 e. The Bertz CT molecular complexity index is 513. The number of aromatic nitrogens is 4. The Morgan fingerprint density at radius 2 is 2.06 bits per heavy atom. The van der Waals surface area contributed by atoms with Crippen molar-refractivity contribution < 1.29 is 4.52 Å². The lowest BCUT2D eigenvalue weighted by Gasteiger charge is -2.12. The molecule has 98 valence electrons. The van der Waals surface area contributed by atoms with Crippen LogP contribution < -0.4 is 5.32 Å². The number of aryl methyl sites for hydroxylation is 1. The first kappa shape index (κ1) is 12.9. The van der Waals surface area contributed by atoms with Crippen molar-refractivity contribution in [3.8, 4) is 0 Å². The predicted octanol–water partition coefficient (Wildman–Crippen LogP) is 2.18. The highest BCUT2D eigenvalue weighted by molar-refractivity contribution is 7.09. The summed E-state index contributed by atoms with van der Waals surface area (Å²) in [6.45, 7) is 8.81. The van der Waals surface area contributed by atoms with E-state index in [-0.39, 0.29) is 5.41 Å². The van der Waals surface area contributed by atoms with Crippen molar-refractivity contribution >= 4 is 16.7 Å². The summed E-state index contributed by atoms with van der Waals surface area (Å²) in [5, 5.41) is 7.78. The third-order valence-electron chi connectivity index (χ3n) is 2.28. The molecule has 0 saturated carbocycles. The topological polar surface area (TPSA) is 76.7 Å². The number of rotatable bonds is 4. The van der Waals surface area contributed by atoms with Gasteiger partial charge in [0.1, 0.15) is 5.82 Å². The molecule has 0 saturated heterocycles. The van der Waals surface area contributed by atoms with E-state index in [9.17, 15) is 0 Å². The molecule has 1 N–H and O–H groups in total. The lowest BCUT2D eigenvalue weighted by molar-refractivity contribution is 0.377. The second kappa shape index (κ2) is 5.01. The molecule has 0 radical (unpaired) electrons. The first-order valence-corrected chi connectivity index (χ1v) is 6.60. The van der Waals surface area contributed by atoms with Crippen molar-refractivity contribution in [3.05, 3.63) is 17.5 Å². The molecular formula is C11H17N5OS. The molecule has 18 heavy (non-hydrogen) atoms. The first-order chi connectivity index (χ1) is 8.45. The zero-order valence-electron chi connectivity index (χ0n) is 11.0. The van der Waals surface area contributed by atoms with Gasteiger partial charge in [0, 0.05) is 29.9 Å². The van der Waals surface area contributed by atoms with Gasteiger partial charge >= 0.3 is 0 Å². The fourth-order valence-corrected chi connectivity index (χ4v) is 2.10. The van der Waals surface area contributed by atoms with Crippen LogP contribution in [0.2, 0.25) is 0 Å². The normalized spacial score (nSPS) is 11.8. The van der Waals surface area contributed by atoms with Gasteiger partial charge in [0.25, 0.3) is 0 Å². The smallest absolute Gasteiger partial charge is 0.228 e. The first-order valence-electron chi connectivity index (χ1n) is 5.82. The fourth-order valence-electron chi connectivity index (χ4n) is 1.32. The average Bonchev–Trinajstić information content (AvgIpc) is 2.87. The van der Waals surface area contributed by atoms with E-state index in [4.69, 9.17) is 4.52 Å². The van der Waals surface area contributed by atoms with Crippen LogP contribution in [0.25, 0.3) is 0 Å². The van der Waals surface area contributed by atoms with Crippen LogP contribution in [0, 0.1) is 6.92 Å². The van der Waals surface area contributed by atoms with Crippen LogP contribution in [0.5, 0.6) is 0 Å². The van der Waals surface area contributed by atoms with E-state index in [1.807, 2.05) is 0 Å². The Balaban J connectivity index is 1.85. The molecule has 6 nitrogen and oxygen atoms in total. The van der Waals surface area contributed by atoms with Crippen molar-refractivity contribution in [3.63, 3.8) is 0 Å². The number of nitrogens with zero attached hydrogens (tertiary/aromatic N) is 4. The predicted molar refractivity (Wildman–Crippen MR) is 69.8 cm³/mol. The molecule has 0 amide bonds. The number of nitrogens with one attached hydrogen (secondary N) is 1. The molecule has 0 atom stereocenters. The molecule has 7 heteroatoms. The van der Waals surface area contributed by atoms with Gasteiger partial charge < -0.3 is 9.84 Å². The highest BCUT2D eigenvalue weighted by Gasteiger charge is 2.19.